The van der Waals surface area contributed by atoms with Gasteiger partial charge in [0.1, 0.15) is 11.5 Å². The summed E-state index contributed by atoms with van der Waals surface area (Å²) in [6.45, 7) is 2.57. The Bertz CT molecular complexity index is 731. The van der Waals surface area contributed by atoms with E-state index in [1.165, 1.54) is 0 Å². The van der Waals surface area contributed by atoms with Crippen molar-refractivity contribution in [2.75, 3.05) is 20.3 Å². The van der Waals surface area contributed by atoms with E-state index in [4.69, 9.17) is 9.47 Å². The van der Waals surface area contributed by atoms with Gasteiger partial charge in [0.15, 0.2) is 0 Å². The molecule has 0 aliphatic carbocycles. The molecule has 6 heteroatoms. The van der Waals surface area contributed by atoms with Crippen LogP contribution in [0, 0.1) is 0 Å². The molecule has 2 amide bonds. The van der Waals surface area contributed by atoms with Gasteiger partial charge in [-0.2, -0.15) is 0 Å². The molecule has 0 radical (unpaired) electrons. The molecular weight excluding hydrogens is 320 g/mol. The van der Waals surface area contributed by atoms with Crippen LogP contribution in [0.25, 0.3) is 0 Å². The second-order valence-corrected chi connectivity index (χ2v) is 5.24. The number of hydrogen-bond donors (Lipinski definition) is 2. The smallest absolute Gasteiger partial charge is 0.255 e. The molecule has 0 spiro atoms. The number of nitrogens with one attached hydrogen (secondary N) is 2. The number of ether oxygens (including phenoxy) is 2. The number of para-hydroxylation sites is 1. The van der Waals surface area contributed by atoms with Gasteiger partial charge in [0.25, 0.3) is 5.91 Å². The summed E-state index contributed by atoms with van der Waals surface area (Å²) >= 11 is 0. The lowest BCUT2D eigenvalue weighted by atomic mass is 10.2. The Labute approximate surface area is 147 Å². The summed E-state index contributed by atoms with van der Waals surface area (Å²) < 4.78 is 10.6. The molecule has 2 aromatic carbocycles. The zero-order valence-corrected chi connectivity index (χ0v) is 14.4. The van der Waals surface area contributed by atoms with Crippen LogP contribution in [0.3, 0.4) is 0 Å². The van der Waals surface area contributed by atoms with Crippen LogP contribution >= 0.6 is 0 Å². The third-order valence-electron chi connectivity index (χ3n) is 3.46. The normalized spacial score (nSPS) is 10.0. The van der Waals surface area contributed by atoms with Crippen LogP contribution in [0.5, 0.6) is 11.5 Å². The van der Waals surface area contributed by atoms with E-state index in [1.54, 1.807) is 31.4 Å². The monoisotopic (exact) mass is 342 g/mol. The molecule has 2 N–H and O–H groups in total. The van der Waals surface area contributed by atoms with Gasteiger partial charge in [0.2, 0.25) is 5.91 Å². The summed E-state index contributed by atoms with van der Waals surface area (Å²) in [5.74, 6) is 0.609. The molecule has 25 heavy (non-hydrogen) atoms. The van der Waals surface area contributed by atoms with Gasteiger partial charge in [-0.25, -0.2) is 0 Å². The van der Waals surface area contributed by atoms with E-state index in [1.807, 2.05) is 31.2 Å². The highest BCUT2D eigenvalue weighted by atomic mass is 16.5. The highest BCUT2D eigenvalue weighted by Gasteiger charge is 2.12. The van der Waals surface area contributed by atoms with Gasteiger partial charge in [-0.05, 0) is 36.8 Å². The van der Waals surface area contributed by atoms with E-state index < -0.39 is 0 Å². The predicted octanol–water partition coefficient (Wildman–Crippen LogP) is 2.14. The van der Waals surface area contributed by atoms with Crippen molar-refractivity contribution in [3.05, 3.63) is 59.7 Å². The van der Waals surface area contributed by atoms with Crippen LogP contribution in [-0.2, 0) is 11.3 Å². The SMILES string of the molecule is CCOc1ccccc1C(=O)NCC(=O)NCc1cccc(OC)c1. The highest BCUT2D eigenvalue weighted by molar-refractivity contribution is 5.98. The fourth-order valence-electron chi connectivity index (χ4n) is 2.24. The van der Waals surface area contributed by atoms with E-state index >= 15 is 0 Å². The molecule has 0 heterocycles. The molecule has 0 atom stereocenters. The van der Waals surface area contributed by atoms with Crippen molar-refractivity contribution in [1.29, 1.82) is 0 Å². The topological polar surface area (TPSA) is 76.7 Å². The van der Waals surface area contributed by atoms with Crippen molar-refractivity contribution in [3.8, 4) is 11.5 Å². The zero-order chi connectivity index (χ0) is 18.1. The molecule has 0 aromatic heterocycles. The molecule has 2 aromatic rings. The lowest BCUT2D eigenvalue weighted by molar-refractivity contribution is -0.120. The summed E-state index contributed by atoms with van der Waals surface area (Å²) in [5, 5.41) is 5.36. The van der Waals surface area contributed by atoms with E-state index in [0.717, 1.165) is 11.3 Å². The van der Waals surface area contributed by atoms with Crippen molar-refractivity contribution in [2.45, 2.75) is 13.5 Å². The number of amides is 2. The van der Waals surface area contributed by atoms with E-state index in [9.17, 15) is 9.59 Å². The fourth-order valence-corrected chi connectivity index (χ4v) is 2.24. The first kappa shape index (κ1) is 18.3. The number of benzene rings is 2. The van der Waals surface area contributed by atoms with Gasteiger partial charge in [-0.3, -0.25) is 9.59 Å². The largest absolute Gasteiger partial charge is 0.497 e. The van der Waals surface area contributed by atoms with Crippen LogP contribution in [0.2, 0.25) is 0 Å². The Kier molecular flexibility index (Phi) is 6.83. The Morgan fingerprint density at radius 2 is 1.84 bits per heavy atom. The lowest BCUT2D eigenvalue weighted by Gasteiger charge is -2.11. The van der Waals surface area contributed by atoms with Gasteiger partial charge >= 0.3 is 0 Å². The molecule has 0 fully saturated rings. The van der Waals surface area contributed by atoms with Crippen LogP contribution in [0.15, 0.2) is 48.5 Å². The first-order chi connectivity index (χ1) is 12.1. The maximum absolute atomic E-state index is 12.2. The molecule has 0 aliphatic heterocycles. The summed E-state index contributed by atoms with van der Waals surface area (Å²) in [7, 11) is 1.59. The Hall–Kier alpha value is -3.02. The Morgan fingerprint density at radius 1 is 1.04 bits per heavy atom. The molecule has 0 saturated carbocycles. The number of methoxy groups -OCH3 is 1. The molecule has 6 nitrogen and oxygen atoms in total. The van der Waals surface area contributed by atoms with Crippen molar-refractivity contribution in [2.24, 2.45) is 0 Å². The van der Waals surface area contributed by atoms with E-state index in [2.05, 4.69) is 10.6 Å². The average molecular weight is 342 g/mol. The second kappa shape index (κ2) is 9.32. The molecule has 0 bridgehead atoms. The first-order valence-corrected chi connectivity index (χ1v) is 8.03. The molecule has 0 unspecified atom stereocenters. The number of hydrogen-bond acceptors (Lipinski definition) is 4. The summed E-state index contributed by atoms with van der Waals surface area (Å²) in [4.78, 5) is 24.1. The van der Waals surface area contributed by atoms with Gasteiger partial charge < -0.3 is 20.1 Å². The van der Waals surface area contributed by atoms with Gasteiger partial charge in [-0.15, -0.1) is 0 Å². The Balaban J connectivity index is 1.84. The highest BCUT2D eigenvalue weighted by Crippen LogP contribution is 2.17. The molecule has 2 rings (SSSR count). The van der Waals surface area contributed by atoms with Crippen molar-refractivity contribution in [1.82, 2.24) is 10.6 Å². The van der Waals surface area contributed by atoms with Crippen LogP contribution in [-0.4, -0.2) is 32.1 Å². The minimum atomic E-state index is -0.347. The predicted molar refractivity (Wildman–Crippen MR) is 94.8 cm³/mol. The standard InChI is InChI=1S/C19H22N2O4/c1-3-25-17-10-5-4-9-16(17)19(23)21-13-18(22)20-12-14-7-6-8-15(11-14)24-2/h4-11H,3,12-13H2,1-2H3,(H,20,22)(H,21,23). The van der Waals surface area contributed by atoms with E-state index in [0.29, 0.717) is 24.5 Å². The summed E-state index contributed by atoms with van der Waals surface area (Å²) in [6.07, 6.45) is 0. The Morgan fingerprint density at radius 3 is 2.60 bits per heavy atom. The molecule has 0 aliphatic rings. The van der Waals surface area contributed by atoms with Crippen LogP contribution in [0.1, 0.15) is 22.8 Å². The molecule has 132 valence electrons. The van der Waals surface area contributed by atoms with Crippen LogP contribution < -0.4 is 20.1 Å². The summed E-state index contributed by atoms with van der Waals surface area (Å²) in [5.41, 5.74) is 1.32. The maximum atomic E-state index is 12.2. The quantitative estimate of drug-likeness (QED) is 0.771. The van der Waals surface area contributed by atoms with Crippen molar-refractivity contribution < 1.29 is 19.1 Å². The minimum Gasteiger partial charge on any atom is -0.497 e. The molecule has 0 saturated heterocycles. The minimum absolute atomic E-state index is 0.108. The average Bonchev–Trinajstić information content (AvgIpc) is 2.65. The number of carbonyl (C=O) groups excluding carboxylic acids is 2. The van der Waals surface area contributed by atoms with E-state index in [-0.39, 0.29) is 18.4 Å². The maximum Gasteiger partial charge on any atom is 0.255 e. The number of carbonyl (C=O) groups is 2. The third-order valence-corrected chi connectivity index (χ3v) is 3.46. The summed E-state index contributed by atoms with van der Waals surface area (Å²) in [6, 6.07) is 14.4. The second-order valence-electron chi connectivity index (χ2n) is 5.24. The third kappa shape index (κ3) is 5.53. The fraction of sp³-hybridized carbons (Fsp3) is 0.263. The lowest BCUT2D eigenvalue weighted by Crippen LogP contribution is -2.36. The van der Waals surface area contributed by atoms with Gasteiger partial charge in [0.05, 0.1) is 25.8 Å². The van der Waals surface area contributed by atoms with Crippen molar-refractivity contribution >= 4 is 11.8 Å². The number of rotatable bonds is 8. The first-order valence-electron chi connectivity index (χ1n) is 8.03. The van der Waals surface area contributed by atoms with Crippen LogP contribution in [0.4, 0.5) is 0 Å². The van der Waals surface area contributed by atoms with Gasteiger partial charge in [0, 0.05) is 6.54 Å². The van der Waals surface area contributed by atoms with Crippen molar-refractivity contribution in [3.63, 3.8) is 0 Å². The zero-order valence-electron chi connectivity index (χ0n) is 14.4. The van der Waals surface area contributed by atoms with Gasteiger partial charge in [-0.1, -0.05) is 24.3 Å². The molecular formula is C19H22N2O4.